The summed E-state index contributed by atoms with van der Waals surface area (Å²) in [7, 11) is 3.59. The summed E-state index contributed by atoms with van der Waals surface area (Å²) in [4.78, 5) is 16.5. The van der Waals surface area contributed by atoms with Gasteiger partial charge in [-0.25, -0.2) is 8.78 Å². The van der Waals surface area contributed by atoms with Crippen LogP contribution in [0.25, 0.3) is 33.3 Å². The molecule has 0 amide bonds. The minimum absolute atomic E-state index is 0.0477. The normalized spacial score (nSPS) is 16.6. The van der Waals surface area contributed by atoms with Crippen molar-refractivity contribution in [3.8, 4) is 22.3 Å². The number of hydrogen-bond acceptors (Lipinski definition) is 3. The molecule has 4 aromatic rings. The van der Waals surface area contributed by atoms with Gasteiger partial charge in [-0.1, -0.05) is 0 Å². The zero-order valence-electron chi connectivity index (χ0n) is 18.1. The van der Waals surface area contributed by atoms with Gasteiger partial charge < -0.3 is 9.13 Å². The van der Waals surface area contributed by atoms with E-state index in [2.05, 4.69) is 21.9 Å². The smallest absolute Gasteiger partial charge is 0.250 e. The number of alkyl halides is 2. The predicted molar refractivity (Wildman–Crippen MR) is 120 cm³/mol. The van der Waals surface area contributed by atoms with Crippen LogP contribution in [0.15, 0.2) is 54.0 Å². The first-order valence-electron chi connectivity index (χ1n) is 10.8. The molecule has 0 N–H and O–H groups in total. The van der Waals surface area contributed by atoms with E-state index in [1.54, 1.807) is 34.6 Å². The maximum atomic E-state index is 13.6. The quantitative estimate of drug-likeness (QED) is 0.468. The highest BCUT2D eigenvalue weighted by Gasteiger charge is 2.35. The molecule has 0 aliphatic heterocycles. The summed E-state index contributed by atoms with van der Waals surface area (Å²) in [5, 5.41) is 4.29. The minimum Gasteiger partial charge on any atom is -0.345 e. The third-order valence-corrected chi connectivity index (χ3v) is 6.44. The fourth-order valence-corrected chi connectivity index (χ4v) is 4.57. The van der Waals surface area contributed by atoms with Crippen molar-refractivity contribution in [1.29, 1.82) is 0 Å². The van der Waals surface area contributed by atoms with Crippen molar-refractivity contribution in [2.75, 3.05) is 0 Å². The van der Waals surface area contributed by atoms with Gasteiger partial charge in [0.05, 0.1) is 17.2 Å². The van der Waals surface area contributed by atoms with Crippen LogP contribution in [0.1, 0.15) is 25.7 Å². The number of rotatable bonds is 4. The van der Waals surface area contributed by atoms with E-state index >= 15 is 0 Å². The second kappa shape index (κ2) is 7.69. The summed E-state index contributed by atoms with van der Waals surface area (Å²) in [5.74, 6) is -2.33. The van der Waals surface area contributed by atoms with Crippen LogP contribution in [-0.4, -0.2) is 29.8 Å². The molecule has 0 unspecified atom stereocenters. The van der Waals surface area contributed by atoms with Crippen LogP contribution in [-0.2, 0) is 20.6 Å². The number of nitrogens with zero attached hydrogens (tertiary/aromatic N) is 5. The van der Waals surface area contributed by atoms with Crippen LogP contribution in [0, 0.1) is 5.92 Å². The molecule has 4 heterocycles. The first-order valence-corrected chi connectivity index (χ1v) is 10.8. The van der Waals surface area contributed by atoms with Gasteiger partial charge in [-0.05, 0) is 36.5 Å². The van der Waals surface area contributed by atoms with Crippen molar-refractivity contribution in [2.45, 2.75) is 38.2 Å². The van der Waals surface area contributed by atoms with Gasteiger partial charge in [0.25, 0.3) is 0 Å². The fourth-order valence-electron chi connectivity index (χ4n) is 4.57. The Balaban J connectivity index is 1.58. The molecule has 0 bridgehead atoms. The maximum absolute atomic E-state index is 13.6. The Labute approximate surface area is 184 Å². The third kappa shape index (κ3) is 3.85. The molecular formula is C24H25F2N5O. The van der Waals surface area contributed by atoms with Crippen molar-refractivity contribution in [1.82, 2.24) is 23.9 Å². The van der Waals surface area contributed by atoms with Gasteiger partial charge in [-0.15, -0.1) is 0 Å². The maximum Gasteiger partial charge on any atom is 0.250 e. The monoisotopic (exact) mass is 437 g/mol. The highest BCUT2D eigenvalue weighted by molar-refractivity contribution is 5.94. The summed E-state index contributed by atoms with van der Waals surface area (Å²) < 4.78 is 32.7. The molecule has 0 radical (unpaired) electrons. The fraction of sp³-hybridized carbons (Fsp3) is 0.375. The average Bonchev–Trinajstić information content (AvgIpc) is 3.35. The van der Waals surface area contributed by atoms with E-state index in [1.165, 1.54) is 0 Å². The Morgan fingerprint density at radius 2 is 1.81 bits per heavy atom. The van der Waals surface area contributed by atoms with Crippen LogP contribution < -0.4 is 5.56 Å². The molecule has 5 rings (SSSR count). The van der Waals surface area contributed by atoms with E-state index in [0.29, 0.717) is 19.4 Å². The first-order chi connectivity index (χ1) is 15.3. The SMILES string of the molecule is Cn1cc(-c2cn(CC3CCC(F)(F)CC3)c3cc(-c4ccc(=O)n(C)c4)cnc23)cn1. The van der Waals surface area contributed by atoms with Gasteiger partial charge in [0, 0.05) is 81.0 Å². The summed E-state index contributed by atoms with van der Waals surface area (Å²) in [5.41, 5.74) is 5.48. The number of halogens is 2. The molecule has 6 nitrogen and oxygen atoms in total. The van der Waals surface area contributed by atoms with E-state index in [4.69, 9.17) is 4.98 Å². The third-order valence-electron chi connectivity index (χ3n) is 6.44. The Morgan fingerprint density at radius 1 is 1.03 bits per heavy atom. The molecule has 8 heteroatoms. The van der Waals surface area contributed by atoms with Gasteiger partial charge in [0.2, 0.25) is 11.5 Å². The highest BCUT2D eigenvalue weighted by atomic mass is 19.3. The Bertz CT molecular complexity index is 1340. The second-order valence-electron chi connectivity index (χ2n) is 8.86. The highest BCUT2D eigenvalue weighted by Crippen LogP contribution is 2.38. The topological polar surface area (TPSA) is 57.6 Å². The summed E-state index contributed by atoms with van der Waals surface area (Å²) in [6.45, 7) is 0.672. The lowest BCUT2D eigenvalue weighted by atomic mass is 9.87. The number of aryl methyl sites for hydroxylation is 2. The van der Waals surface area contributed by atoms with E-state index in [1.807, 2.05) is 25.6 Å². The number of aromatic nitrogens is 5. The van der Waals surface area contributed by atoms with E-state index < -0.39 is 5.92 Å². The zero-order chi connectivity index (χ0) is 22.5. The summed E-state index contributed by atoms with van der Waals surface area (Å²) >= 11 is 0. The molecule has 1 aliphatic carbocycles. The zero-order valence-corrected chi connectivity index (χ0v) is 18.1. The van der Waals surface area contributed by atoms with E-state index in [-0.39, 0.29) is 24.3 Å². The molecule has 1 fully saturated rings. The largest absolute Gasteiger partial charge is 0.345 e. The van der Waals surface area contributed by atoms with Gasteiger partial charge in [-0.3, -0.25) is 14.5 Å². The molecule has 4 aromatic heterocycles. The summed E-state index contributed by atoms with van der Waals surface area (Å²) in [6.07, 6.45) is 10.4. The number of fused-ring (bicyclic) bond motifs is 1. The van der Waals surface area contributed by atoms with Crippen molar-refractivity contribution in [3.63, 3.8) is 0 Å². The summed E-state index contributed by atoms with van der Waals surface area (Å²) in [6, 6.07) is 5.41. The molecule has 0 aromatic carbocycles. The van der Waals surface area contributed by atoms with Crippen molar-refractivity contribution in [3.05, 3.63) is 59.5 Å². The molecule has 0 saturated heterocycles. The van der Waals surface area contributed by atoms with Crippen molar-refractivity contribution in [2.24, 2.45) is 20.0 Å². The molecule has 0 spiro atoms. The van der Waals surface area contributed by atoms with Crippen LogP contribution in [0.5, 0.6) is 0 Å². The molecule has 1 saturated carbocycles. The Kier molecular flexibility index (Phi) is 4.95. The van der Waals surface area contributed by atoms with E-state index in [0.717, 1.165) is 33.3 Å². The molecule has 0 atom stereocenters. The van der Waals surface area contributed by atoms with Crippen LogP contribution in [0.3, 0.4) is 0 Å². The lowest BCUT2D eigenvalue weighted by molar-refractivity contribution is -0.0472. The molecule has 32 heavy (non-hydrogen) atoms. The van der Waals surface area contributed by atoms with Crippen LogP contribution in [0.2, 0.25) is 0 Å². The van der Waals surface area contributed by atoms with E-state index in [9.17, 15) is 13.6 Å². The van der Waals surface area contributed by atoms with Gasteiger partial charge in [0.15, 0.2) is 0 Å². The first kappa shape index (κ1) is 20.6. The average molecular weight is 437 g/mol. The van der Waals surface area contributed by atoms with Crippen LogP contribution in [0.4, 0.5) is 8.78 Å². The molecule has 166 valence electrons. The number of pyridine rings is 2. The number of hydrogen-bond donors (Lipinski definition) is 0. The molecular weight excluding hydrogens is 412 g/mol. The van der Waals surface area contributed by atoms with Gasteiger partial charge in [0.1, 0.15) is 0 Å². The van der Waals surface area contributed by atoms with Crippen LogP contribution >= 0.6 is 0 Å². The second-order valence-corrected chi connectivity index (χ2v) is 8.86. The lowest BCUT2D eigenvalue weighted by Crippen LogP contribution is -2.26. The van der Waals surface area contributed by atoms with Crippen molar-refractivity contribution < 1.29 is 8.78 Å². The van der Waals surface area contributed by atoms with Gasteiger partial charge in [-0.2, -0.15) is 5.10 Å². The molecule has 1 aliphatic rings. The Morgan fingerprint density at radius 3 is 2.50 bits per heavy atom. The van der Waals surface area contributed by atoms with Gasteiger partial charge >= 0.3 is 0 Å². The lowest BCUT2D eigenvalue weighted by Gasteiger charge is -2.28. The van der Waals surface area contributed by atoms with Crippen molar-refractivity contribution >= 4 is 11.0 Å². The predicted octanol–water partition coefficient (Wildman–Crippen LogP) is 4.63. The minimum atomic E-state index is -2.53. The Hall–Kier alpha value is -3.29. The standard InChI is InChI=1S/C24H25F2N5O/c1-29-13-17(3-4-22(29)32)18-9-21-23(27-10-18)20(19-11-28-30(2)14-19)15-31(21)12-16-5-7-24(25,26)8-6-16/h3-4,9-11,13-16H,5-8,12H2,1-2H3.